The van der Waals surface area contributed by atoms with Crippen LogP contribution in [0.5, 0.6) is 0 Å². The number of piperidine rings is 1. The topological polar surface area (TPSA) is 96.3 Å². The number of H-pyrrole nitrogens is 1. The molecule has 10 heteroatoms. The Labute approximate surface area is 119 Å². The van der Waals surface area contributed by atoms with Gasteiger partial charge in [0.2, 0.25) is 10.0 Å². The molecule has 118 valence electrons. The molecule has 6 nitrogen and oxygen atoms in total. The number of nitrogens with two attached hydrogens (primary N) is 1. The van der Waals surface area contributed by atoms with Crippen molar-refractivity contribution in [1.29, 1.82) is 0 Å². The van der Waals surface area contributed by atoms with Crippen LogP contribution in [0.15, 0.2) is 17.2 Å². The molecule has 3 N–H and O–H groups in total. The summed E-state index contributed by atoms with van der Waals surface area (Å²) < 4.78 is 59.8. The normalized spacial score (nSPS) is 18.0. The molecular weight excluding hydrogens is 311 g/mol. The first-order valence-corrected chi connectivity index (χ1v) is 7.71. The predicted molar refractivity (Wildman–Crippen MR) is 66.8 cm³/mol. The molecule has 2 rings (SSSR count). The molecule has 0 bridgehead atoms. The van der Waals surface area contributed by atoms with E-state index in [1.807, 2.05) is 0 Å². The number of nitrogens with one attached hydrogen (secondary N) is 1. The lowest BCUT2D eigenvalue weighted by Gasteiger charge is -2.32. The van der Waals surface area contributed by atoms with E-state index in [9.17, 15) is 26.4 Å². The summed E-state index contributed by atoms with van der Waals surface area (Å²) in [5.41, 5.74) is -0.00974. The number of amides is 1. The number of aromatic amines is 1. The van der Waals surface area contributed by atoms with Crippen molar-refractivity contribution in [3.63, 3.8) is 0 Å². The Bertz CT molecular complexity index is 631. The average Bonchev–Trinajstić information content (AvgIpc) is 2.86. The minimum Gasteiger partial charge on any atom is -0.356 e. The highest BCUT2D eigenvalue weighted by molar-refractivity contribution is 7.89. The molecular formula is C11H14F3N3O3S. The van der Waals surface area contributed by atoms with E-state index in [-0.39, 0.29) is 36.5 Å². The number of rotatable bonds is 2. The van der Waals surface area contributed by atoms with Gasteiger partial charge in [0.05, 0.1) is 10.8 Å². The molecule has 2 heterocycles. The molecule has 0 atom stereocenters. The molecule has 1 amide bonds. The zero-order valence-corrected chi connectivity index (χ0v) is 11.7. The van der Waals surface area contributed by atoms with Crippen molar-refractivity contribution >= 4 is 15.9 Å². The lowest BCUT2D eigenvalue weighted by molar-refractivity contribution is -0.183. The second kappa shape index (κ2) is 5.34. The number of primary sulfonamides is 1. The Morgan fingerprint density at radius 1 is 1.33 bits per heavy atom. The van der Waals surface area contributed by atoms with Crippen molar-refractivity contribution in [3.05, 3.63) is 18.0 Å². The van der Waals surface area contributed by atoms with Gasteiger partial charge in [-0.25, -0.2) is 13.6 Å². The number of aromatic nitrogens is 1. The number of halogens is 3. The standard InChI is InChI=1S/C11H14F3N3O3S/c12-11(13,14)7-1-3-17(4-2-7)10(18)9-5-8(6-16-9)21(15,19)20/h5-7,16H,1-4H2,(H2,15,19,20). The van der Waals surface area contributed by atoms with Crippen LogP contribution in [0, 0.1) is 5.92 Å². The third-order valence-corrected chi connectivity index (χ3v) is 4.35. The molecule has 1 aliphatic rings. The number of carbonyl (C=O) groups excluding carboxylic acids is 1. The van der Waals surface area contributed by atoms with Gasteiger partial charge in [0.1, 0.15) is 5.69 Å². The Kier molecular flexibility index (Phi) is 4.02. The summed E-state index contributed by atoms with van der Waals surface area (Å²) in [5.74, 6) is -1.93. The quantitative estimate of drug-likeness (QED) is 0.851. The minimum atomic E-state index is -4.25. The Hall–Kier alpha value is -1.55. The lowest BCUT2D eigenvalue weighted by Crippen LogP contribution is -2.42. The zero-order valence-electron chi connectivity index (χ0n) is 10.9. The van der Waals surface area contributed by atoms with Gasteiger partial charge < -0.3 is 9.88 Å². The summed E-state index contributed by atoms with van der Waals surface area (Å²) in [4.78, 5) is 15.6. The summed E-state index contributed by atoms with van der Waals surface area (Å²) in [7, 11) is -3.93. The van der Waals surface area contributed by atoms with Gasteiger partial charge in [-0.15, -0.1) is 0 Å². The number of hydrogen-bond acceptors (Lipinski definition) is 3. The van der Waals surface area contributed by atoms with Gasteiger partial charge in [-0.05, 0) is 18.9 Å². The maximum absolute atomic E-state index is 12.5. The second-order valence-electron chi connectivity index (χ2n) is 4.90. The molecule has 0 aromatic carbocycles. The molecule has 0 aliphatic carbocycles. The summed E-state index contributed by atoms with van der Waals surface area (Å²) >= 11 is 0. The van der Waals surface area contributed by atoms with Gasteiger partial charge in [0.15, 0.2) is 0 Å². The number of hydrogen-bond donors (Lipinski definition) is 2. The molecule has 1 saturated heterocycles. The third kappa shape index (κ3) is 3.56. The molecule has 0 unspecified atom stereocenters. The fourth-order valence-corrected chi connectivity index (χ4v) is 2.75. The maximum atomic E-state index is 12.5. The summed E-state index contributed by atoms with van der Waals surface area (Å²) in [6.45, 7) is -0.0422. The number of sulfonamides is 1. The maximum Gasteiger partial charge on any atom is 0.391 e. The van der Waals surface area contributed by atoms with Crippen LogP contribution in [0.4, 0.5) is 13.2 Å². The smallest absolute Gasteiger partial charge is 0.356 e. The summed E-state index contributed by atoms with van der Waals surface area (Å²) in [6.07, 6.45) is -3.48. The molecule has 0 radical (unpaired) electrons. The Morgan fingerprint density at radius 2 is 1.90 bits per heavy atom. The number of alkyl halides is 3. The molecule has 0 spiro atoms. The van der Waals surface area contributed by atoms with Crippen molar-refractivity contribution in [2.75, 3.05) is 13.1 Å². The third-order valence-electron chi connectivity index (χ3n) is 3.46. The Morgan fingerprint density at radius 3 is 2.33 bits per heavy atom. The van der Waals surface area contributed by atoms with Crippen LogP contribution in [0.2, 0.25) is 0 Å². The van der Waals surface area contributed by atoms with Crippen molar-refractivity contribution in [3.8, 4) is 0 Å². The van der Waals surface area contributed by atoms with E-state index >= 15 is 0 Å². The highest BCUT2D eigenvalue weighted by Gasteiger charge is 2.41. The van der Waals surface area contributed by atoms with Gasteiger partial charge in [-0.1, -0.05) is 0 Å². The first kappa shape index (κ1) is 15.8. The highest BCUT2D eigenvalue weighted by Crippen LogP contribution is 2.34. The minimum absolute atomic E-state index is 0.00974. The fourth-order valence-electron chi connectivity index (χ4n) is 2.24. The molecule has 1 fully saturated rings. The van der Waals surface area contributed by atoms with E-state index in [1.54, 1.807) is 0 Å². The number of carbonyl (C=O) groups is 1. The monoisotopic (exact) mass is 325 g/mol. The van der Waals surface area contributed by atoms with E-state index in [0.29, 0.717) is 0 Å². The van der Waals surface area contributed by atoms with Crippen LogP contribution in [-0.4, -0.2) is 43.5 Å². The van der Waals surface area contributed by atoms with E-state index in [0.717, 1.165) is 12.3 Å². The number of likely N-dealkylation sites (tertiary alicyclic amines) is 1. The summed E-state index contributed by atoms with van der Waals surface area (Å²) in [6, 6.07) is 1.08. The predicted octanol–water partition coefficient (Wildman–Crippen LogP) is 1.08. The van der Waals surface area contributed by atoms with Crippen molar-refractivity contribution in [2.45, 2.75) is 23.9 Å². The second-order valence-corrected chi connectivity index (χ2v) is 6.46. The van der Waals surface area contributed by atoms with E-state index in [2.05, 4.69) is 4.98 Å². The van der Waals surface area contributed by atoms with Gasteiger partial charge in [0.25, 0.3) is 5.91 Å². The van der Waals surface area contributed by atoms with Gasteiger partial charge in [0, 0.05) is 19.3 Å². The molecule has 1 aromatic heterocycles. The van der Waals surface area contributed by atoms with Crippen LogP contribution in [0.3, 0.4) is 0 Å². The highest BCUT2D eigenvalue weighted by atomic mass is 32.2. The molecule has 1 aliphatic heterocycles. The van der Waals surface area contributed by atoms with Crippen LogP contribution >= 0.6 is 0 Å². The van der Waals surface area contributed by atoms with Gasteiger partial charge >= 0.3 is 6.18 Å². The van der Waals surface area contributed by atoms with Gasteiger partial charge in [-0.3, -0.25) is 4.79 Å². The van der Waals surface area contributed by atoms with Crippen molar-refractivity contribution in [1.82, 2.24) is 9.88 Å². The molecule has 1 aromatic rings. The van der Waals surface area contributed by atoms with E-state index < -0.39 is 28.0 Å². The van der Waals surface area contributed by atoms with E-state index in [4.69, 9.17) is 5.14 Å². The first-order valence-electron chi connectivity index (χ1n) is 6.16. The first-order chi connectivity index (χ1) is 9.59. The van der Waals surface area contributed by atoms with Crippen molar-refractivity contribution < 1.29 is 26.4 Å². The summed E-state index contributed by atoms with van der Waals surface area (Å²) in [5, 5.41) is 4.92. The lowest BCUT2D eigenvalue weighted by atomic mass is 9.96. The van der Waals surface area contributed by atoms with Crippen LogP contribution in [0.25, 0.3) is 0 Å². The van der Waals surface area contributed by atoms with Crippen LogP contribution < -0.4 is 5.14 Å². The fraction of sp³-hybridized carbons (Fsp3) is 0.545. The van der Waals surface area contributed by atoms with Crippen molar-refractivity contribution in [2.24, 2.45) is 11.1 Å². The number of nitrogens with zero attached hydrogens (tertiary/aromatic N) is 1. The zero-order chi connectivity index (χ0) is 15.8. The van der Waals surface area contributed by atoms with Crippen LogP contribution in [-0.2, 0) is 10.0 Å². The SMILES string of the molecule is NS(=O)(=O)c1c[nH]c(C(=O)N2CCC(C(F)(F)F)CC2)c1. The Balaban J connectivity index is 2.04. The van der Waals surface area contributed by atoms with Gasteiger partial charge in [-0.2, -0.15) is 13.2 Å². The van der Waals surface area contributed by atoms with E-state index in [1.165, 1.54) is 4.90 Å². The molecule has 0 saturated carbocycles. The molecule has 21 heavy (non-hydrogen) atoms. The average molecular weight is 325 g/mol. The largest absolute Gasteiger partial charge is 0.391 e. The van der Waals surface area contributed by atoms with Crippen LogP contribution in [0.1, 0.15) is 23.3 Å².